The van der Waals surface area contributed by atoms with E-state index < -0.39 is 16.6 Å². The summed E-state index contributed by atoms with van der Waals surface area (Å²) in [5, 5.41) is 3.43. The maximum absolute atomic E-state index is 12.2. The SMILES string of the molecule is O=S(ON=C(c1ccccc1)c1ccccc1)C(F)(F)F. The van der Waals surface area contributed by atoms with Gasteiger partial charge in [0, 0.05) is 11.1 Å². The second kappa shape index (κ2) is 6.53. The molecule has 0 saturated carbocycles. The molecule has 0 aliphatic carbocycles. The number of nitrogens with zero attached hydrogens (tertiary/aromatic N) is 1. The summed E-state index contributed by atoms with van der Waals surface area (Å²) < 4.78 is 51.6. The first kappa shape index (κ1) is 15.2. The lowest BCUT2D eigenvalue weighted by Crippen LogP contribution is -2.17. The van der Waals surface area contributed by atoms with Gasteiger partial charge >= 0.3 is 16.6 Å². The molecule has 0 amide bonds. The van der Waals surface area contributed by atoms with E-state index in [4.69, 9.17) is 0 Å². The van der Waals surface area contributed by atoms with Crippen molar-refractivity contribution < 1.29 is 21.7 Å². The van der Waals surface area contributed by atoms with Gasteiger partial charge in [-0.3, -0.25) is 4.28 Å². The van der Waals surface area contributed by atoms with Crippen LogP contribution in [0.15, 0.2) is 65.8 Å². The third kappa shape index (κ3) is 4.16. The van der Waals surface area contributed by atoms with Gasteiger partial charge in [0.1, 0.15) is 5.71 Å². The van der Waals surface area contributed by atoms with E-state index in [0.29, 0.717) is 11.1 Å². The van der Waals surface area contributed by atoms with Crippen LogP contribution in [-0.2, 0) is 15.4 Å². The molecule has 0 radical (unpaired) electrons. The fourth-order valence-corrected chi connectivity index (χ4v) is 1.80. The Morgan fingerprint density at radius 1 is 0.905 bits per heavy atom. The van der Waals surface area contributed by atoms with Crippen LogP contribution >= 0.6 is 0 Å². The second-order valence-corrected chi connectivity index (χ2v) is 5.01. The summed E-state index contributed by atoms with van der Waals surface area (Å²) in [6.45, 7) is 0. The topological polar surface area (TPSA) is 38.7 Å². The van der Waals surface area contributed by atoms with Gasteiger partial charge in [-0.2, -0.15) is 13.2 Å². The van der Waals surface area contributed by atoms with Gasteiger partial charge < -0.3 is 0 Å². The molecule has 0 spiro atoms. The highest BCUT2D eigenvalue weighted by molar-refractivity contribution is 7.81. The number of hydrogen-bond acceptors (Lipinski definition) is 3. The van der Waals surface area contributed by atoms with Crippen LogP contribution in [0.3, 0.4) is 0 Å². The quantitative estimate of drug-likeness (QED) is 0.638. The smallest absolute Gasteiger partial charge is 0.282 e. The van der Waals surface area contributed by atoms with E-state index in [1.807, 2.05) is 0 Å². The molecule has 0 bridgehead atoms. The highest BCUT2D eigenvalue weighted by Crippen LogP contribution is 2.21. The zero-order chi connectivity index (χ0) is 15.3. The molecule has 2 aromatic rings. The molecule has 0 aliphatic heterocycles. The van der Waals surface area contributed by atoms with Gasteiger partial charge in [-0.05, 0) is 0 Å². The third-order valence-corrected chi connectivity index (χ3v) is 3.07. The van der Waals surface area contributed by atoms with Crippen molar-refractivity contribution in [3.8, 4) is 0 Å². The van der Waals surface area contributed by atoms with Crippen LogP contribution in [0.25, 0.3) is 0 Å². The van der Waals surface area contributed by atoms with Crippen molar-refractivity contribution in [2.45, 2.75) is 5.51 Å². The molecule has 110 valence electrons. The number of alkyl halides is 3. The number of oxime groups is 1. The Balaban J connectivity index is 2.36. The average Bonchev–Trinajstić information content (AvgIpc) is 2.48. The van der Waals surface area contributed by atoms with E-state index in [2.05, 4.69) is 9.44 Å². The maximum atomic E-state index is 12.2. The minimum absolute atomic E-state index is 0.175. The summed E-state index contributed by atoms with van der Waals surface area (Å²) >= 11 is -3.49. The predicted molar refractivity (Wildman–Crippen MR) is 73.8 cm³/mol. The van der Waals surface area contributed by atoms with Crippen LogP contribution in [0, 0.1) is 0 Å². The molecule has 0 fully saturated rings. The Morgan fingerprint density at radius 3 is 1.71 bits per heavy atom. The number of hydrogen-bond donors (Lipinski definition) is 0. The van der Waals surface area contributed by atoms with Gasteiger partial charge in [0.05, 0.1) is 0 Å². The Labute approximate surface area is 121 Å². The minimum atomic E-state index is -4.97. The first-order chi connectivity index (χ1) is 9.98. The molecular weight excluding hydrogens is 303 g/mol. The van der Waals surface area contributed by atoms with Crippen molar-refractivity contribution in [3.05, 3.63) is 71.8 Å². The largest absolute Gasteiger partial charge is 0.510 e. The summed E-state index contributed by atoms with van der Waals surface area (Å²) in [6, 6.07) is 17.1. The predicted octanol–water partition coefficient (Wildman–Crippen LogP) is 3.64. The molecule has 2 rings (SSSR count). The molecule has 0 N–H and O–H groups in total. The summed E-state index contributed by atoms with van der Waals surface area (Å²) in [4.78, 5) is 0. The Morgan fingerprint density at radius 2 is 1.33 bits per heavy atom. The Hall–Kier alpha value is -2.15. The van der Waals surface area contributed by atoms with Crippen molar-refractivity contribution >= 4 is 16.8 Å². The highest BCUT2D eigenvalue weighted by Gasteiger charge is 2.40. The van der Waals surface area contributed by atoms with Crippen molar-refractivity contribution in [2.24, 2.45) is 5.16 Å². The van der Waals surface area contributed by atoms with Crippen LogP contribution < -0.4 is 0 Å². The Bertz CT molecular complexity index is 601. The maximum Gasteiger partial charge on any atom is 0.510 e. The molecule has 1 unspecified atom stereocenters. The minimum Gasteiger partial charge on any atom is -0.282 e. The summed E-state index contributed by atoms with van der Waals surface area (Å²) in [5.74, 6) is 0. The molecule has 0 saturated heterocycles. The lowest BCUT2D eigenvalue weighted by atomic mass is 10.0. The second-order valence-electron chi connectivity index (χ2n) is 3.93. The number of halogens is 3. The third-order valence-electron chi connectivity index (χ3n) is 2.48. The van der Waals surface area contributed by atoms with Crippen LogP contribution in [0.2, 0.25) is 0 Å². The highest BCUT2D eigenvalue weighted by atomic mass is 32.2. The summed E-state index contributed by atoms with van der Waals surface area (Å²) in [7, 11) is 0. The van der Waals surface area contributed by atoms with E-state index >= 15 is 0 Å². The average molecular weight is 313 g/mol. The molecule has 2 aromatic carbocycles. The fourth-order valence-electron chi connectivity index (χ4n) is 1.58. The standard InChI is InChI=1S/C14H10F3NO2S/c15-14(16,17)21(19)20-18-13(11-7-3-1-4-8-11)12-9-5-2-6-10-12/h1-10H. The molecule has 21 heavy (non-hydrogen) atoms. The van der Waals surface area contributed by atoms with E-state index in [9.17, 15) is 17.4 Å². The Kier molecular flexibility index (Phi) is 4.74. The van der Waals surface area contributed by atoms with Crippen molar-refractivity contribution in [1.29, 1.82) is 0 Å². The molecule has 0 heterocycles. The molecule has 1 atom stereocenters. The molecule has 0 aliphatic rings. The monoisotopic (exact) mass is 313 g/mol. The fraction of sp³-hybridized carbons (Fsp3) is 0.0714. The summed E-state index contributed by atoms with van der Waals surface area (Å²) in [6.07, 6.45) is 0. The lowest BCUT2D eigenvalue weighted by Gasteiger charge is -2.07. The van der Waals surface area contributed by atoms with Crippen LogP contribution in [0.4, 0.5) is 13.2 Å². The van der Waals surface area contributed by atoms with Crippen molar-refractivity contribution in [3.63, 3.8) is 0 Å². The molecule has 7 heteroatoms. The zero-order valence-corrected chi connectivity index (χ0v) is 11.4. The van der Waals surface area contributed by atoms with Crippen molar-refractivity contribution in [1.82, 2.24) is 0 Å². The molecular formula is C14H10F3NO2S. The van der Waals surface area contributed by atoms with Gasteiger partial charge in [-0.1, -0.05) is 65.8 Å². The van der Waals surface area contributed by atoms with Gasteiger partial charge in [0.2, 0.25) is 0 Å². The van der Waals surface area contributed by atoms with E-state index in [1.54, 1.807) is 60.7 Å². The zero-order valence-electron chi connectivity index (χ0n) is 10.6. The van der Waals surface area contributed by atoms with Crippen molar-refractivity contribution in [2.75, 3.05) is 0 Å². The first-order valence-corrected chi connectivity index (χ1v) is 6.91. The first-order valence-electron chi connectivity index (χ1n) is 5.83. The number of benzene rings is 2. The van der Waals surface area contributed by atoms with Gasteiger partial charge in [0.15, 0.2) is 0 Å². The number of rotatable bonds is 4. The van der Waals surface area contributed by atoms with Gasteiger partial charge in [0.25, 0.3) is 0 Å². The van der Waals surface area contributed by atoms with Crippen LogP contribution in [-0.4, -0.2) is 15.4 Å². The lowest BCUT2D eigenvalue weighted by molar-refractivity contribution is -0.0471. The molecule has 3 nitrogen and oxygen atoms in total. The van der Waals surface area contributed by atoms with Gasteiger partial charge in [-0.15, -0.1) is 0 Å². The van der Waals surface area contributed by atoms with Crippen LogP contribution in [0.5, 0.6) is 0 Å². The summed E-state index contributed by atoms with van der Waals surface area (Å²) in [5.41, 5.74) is -3.68. The van der Waals surface area contributed by atoms with Gasteiger partial charge in [-0.25, -0.2) is 4.21 Å². The van der Waals surface area contributed by atoms with E-state index in [1.165, 1.54) is 0 Å². The van der Waals surface area contributed by atoms with E-state index in [0.717, 1.165) is 0 Å². The normalized spacial score (nSPS) is 12.5. The van der Waals surface area contributed by atoms with E-state index in [-0.39, 0.29) is 5.71 Å². The molecule has 0 aromatic heterocycles. The van der Waals surface area contributed by atoms with Crippen LogP contribution in [0.1, 0.15) is 11.1 Å².